The molecule has 1 rings (SSSR count). The van der Waals surface area contributed by atoms with Gasteiger partial charge in [0.1, 0.15) is 11.6 Å². The Morgan fingerprint density at radius 1 is 1.24 bits per heavy atom. The molecule has 0 atom stereocenters. The Morgan fingerprint density at radius 3 is 2.59 bits per heavy atom. The third-order valence-corrected chi connectivity index (χ3v) is 2.16. The molecule has 0 unspecified atom stereocenters. The highest BCUT2D eigenvalue weighted by molar-refractivity contribution is 5.69. The number of carbonyl (C=O) groups excluding carboxylic acids is 1. The average molecular weight is 240 g/mol. The van der Waals surface area contributed by atoms with Gasteiger partial charge in [-0.2, -0.15) is 0 Å². The van der Waals surface area contributed by atoms with Crippen LogP contribution in [0.1, 0.15) is 26.2 Å². The molecule has 0 aliphatic heterocycles. The van der Waals surface area contributed by atoms with Gasteiger partial charge in [0.2, 0.25) is 0 Å². The van der Waals surface area contributed by atoms with E-state index in [1.807, 2.05) is 0 Å². The van der Waals surface area contributed by atoms with Gasteiger partial charge in [0, 0.05) is 6.42 Å². The van der Waals surface area contributed by atoms with Gasteiger partial charge in [-0.1, -0.05) is 0 Å². The first kappa shape index (κ1) is 13.5. The number of halogens is 1. The maximum absolute atomic E-state index is 12.6. The molecule has 94 valence electrons. The van der Waals surface area contributed by atoms with Crippen molar-refractivity contribution in [2.24, 2.45) is 0 Å². The van der Waals surface area contributed by atoms with Crippen LogP contribution in [0.25, 0.3) is 0 Å². The van der Waals surface area contributed by atoms with E-state index in [4.69, 9.17) is 9.47 Å². The zero-order valence-corrected chi connectivity index (χ0v) is 9.95. The fraction of sp³-hybridized carbons (Fsp3) is 0.462. The monoisotopic (exact) mass is 240 g/mol. The van der Waals surface area contributed by atoms with Crippen LogP contribution in [0.15, 0.2) is 24.3 Å². The summed E-state index contributed by atoms with van der Waals surface area (Å²) in [5.74, 6) is 0.191. The van der Waals surface area contributed by atoms with Crippen LogP contribution in [0.5, 0.6) is 5.75 Å². The highest BCUT2D eigenvalue weighted by Gasteiger charge is 2.01. The van der Waals surface area contributed by atoms with Crippen molar-refractivity contribution < 1.29 is 18.7 Å². The molecular weight excluding hydrogens is 223 g/mol. The van der Waals surface area contributed by atoms with E-state index in [1.54, 1.807) is 19.1 Å². The first-order valence-electron chi connectivity index (χ1n) is 5.76. The molecule has 0 heterocycles. The van der Waals surface area contributed by atoms with Crippen LogP contribution in [0.3, 0.4) is 0 Å². The van der Waals surface area contributed by atoms with E-state index in [0.29, 0.717) is 25.4 Å². The van der Waals surface area contributed by atoms with Crippen LogP contribution < -0.4 is 4.74 Å². The van der Waals surface area contributed by atoms with Crippen LogP contribution in [0.4, 0.5) is 4.39 Å². The van der Waals surface area contributed by atoms with E-state index >= 15 is 0 Å². The van der Waals surface area contributed by atoms with Crippen LogP contribution >= 0.6 is 0 Å². The van der Waals surface area contributed by atoms with Gasteiger partial charge in [-0.05, 0) is 44.0 Å². The second-order valence-electron chi connectivity index (χ2n) is 3.56. The van der Waals surface area contributed by atoms with Crippen molar-refractivity contribution in [1.82, 2.24) is 0 Å². The molecule has 0 aromatic heterocycles. The summed E-state index contributed by atoms with van der Waals surface area (Å²) < 4.78 is 22.8. The van der Waals surface area contributed by atoms with Crippen molar-refractivity contribution in [3.63, 3.8) is 0 Å². The molecule has 0 N–H and O–H groups in total. The van der Waals surface area contributed by atoms with Crippen molar-refractivity contribution in [2.45, 2.75) is 26.2 Å². The lowest BCUT2D eigenvalue weighted by Crippen LogP contribution is -2.05. The zero-order chi connectivity index (χ0) is 12.5. The summed E-state index contributed by atoms with van der Waals surface area (Å²) in [7, 11) is 0. The van der Waals surface area contributed by atoms with Crippen molar-refractivity contribution in [1.29, 1.82) is 0 Å². The van der Waals surface area contributed by atoms with Crippen LogP contribution in [0, 0.1) is 5.82 Å². The maximum atomic E-state index is 12.6. The lowest BCUT2D eigenvalue weighted by atomic mass is 10.2. The molecule has 1 aromatic rings. The number of ether oxygens (including phenoxy) is 2. The predicted molar refractivity (Wildman–Crippen MR) is 62.4 cm³/mol. The Balaban J connectivity index is 2.08. The lowest BCUT2D eigenvalue weighted by molar-refractivity contribution is -0.143. The first-order valence-corrected chi connectivity index (χ1v) is 5.76. The largest absolute Gasteiger partial charge is 0.494 e. The fourth-order valence-electron chi connectivity index (χ4n) is 1.33. The molecule has 0 spiro atoms. The Bertz CT molecular complexity index is 335. The first-order chi connectivity index (χ1) is 8.22. The Hall–Kier alpha value is -1.58. The molecule has 0 saturated carbocycles. The quantitative estimate of drug-likeness (QED) is 0.543. The van der Waals surface area contributed by atoms with Crippen LogP contribution in [-0.2, 0) is 9.53 Å². The number of hydrogen-bond donors (Lipinski definition) is 0. The second-order valence-corrected chi connectivity index (χ2v) is 3.56. The van der Waals surface area contributed by atoms with E-state index in [0.717, 1.165) is 12.8 Å². The third kappa shape index (κ3) is 5.90. The van der Waals surface area contributed by atoms with E-state index in [-0.39, 0.29) is 11.8 Å². The highest BCUT2D eigenvalue weighted by Crippen LogP contribution is 2.11. The standard InChI is InChI=1S/C13H17FO3/c1-2-16-13(15)5-3-4-10-17-12-8-6-11(14)7-9-12/h6-9H,2-5,10H2,1H3. The lowest BCUT2D eigenvalue weighted by Gasteiger charge is -2.05. The van der Waals surface area contributed by atoms with Crippen LogP contribution in [0.2, 0.25) is 0 Å². The SMILES string of the molecule is CCOC(=O)CCCCOc1ccc(F)cc1. The Morgan fingerprint density at radius 2 is 1.94 bits per heavy atom. The van der Waals surface area contributed by atoms with E-state index in [9.17, 15) is 9.18 Å². The normalized spacial score (nSPS) is 10.0. The number of hydrogen-bond acceptors (Lipinski definition) is 3. The molecule has 4 heteroatoms. The molecule has 0 bridgehead atoms. The summed E-state index contributed by atoms with van der Waals surface area (Å²) in [5, 5.41) is 0. The average Bonchev–Trinajstić information content (AvgIpc) is 2.31. The summed E-state index contributed by atoms with van der Waals surface area (Å²) in [4.78, 5) is 11.0. The Labute approximate surface area is 101 Å². The summed E-state index contributed by atoms with van der Waals surface area (Å²) in [6, 6.07) is 5.88. The molecule has 0 aliphatic rings. The highest BCUT2D eigenvalue weighted by atomic mass is 19.1. The van der Waals surface area contributed by atoms with E-state index < -0.39 is 0 Å². The second kappa shape index (κ2) is 7.65. The number of unbranched alkanes of at least 4 members (excludes halogenated alkanes) is 1. The molecule has 0 radical (unpaired) electrons. The van der Waals surface area contributed by atoms with Gasteiger partial charge in [0.25, 0.3) is 0 Å². The smallest absolute Gasteiger partial charge is 0.305 e. The minimum absolute atomic E-state index is 0.172. The molecule has 17 heavy (non-hydrogen) atoms. The molecule has 1 aromatic carbocycles. The molecule has 0 fully saturated rings. The zero-order valence-electron chi connectivity index (χ0n) is 9.95. The van der Waals surface area contributed by atoms with Gasteiger partial charge in [-0.25, -0.2) is 4.39 Å². The number of rotatable bonds is 7. The molecule has 0 aliphatic carbocycles. The van der Waals surface area contributed by atoms with Crippen molar-refractivity contribution in [3.8, 4) is 5.75 Å². The van der Waals surface area contributed by atoms with Gasteiger partial charge in [-0.3, -0.25) is 4.79 Å². The predicted octanol–water partition coefficient (Wildman–Crippen LogP) is 2.94. The van der Waals surface area contributed by atoms with Crippen molar-refractivity contribution in [3.05, 3.63) is 30.1 Å². The minimum Gasteiger partial charge on any atom is -0.494 e. The summed E-state index contributed by atoms with van der Waals surface area (Å²) in [6.45, 7) is 2.73. The van der Waals surface area contributed by atoms with E-state index in [2.05, 4.69) is 0 Å². The van der Waals surface area contributed by atoms with Gasteiger partial charge >= 0.3 is 5.97 Å². The summed E-state index contributed by atoms with van der Waals surface area (Å²) in [5.41, 5.74) is 0. The topological polar surface area (TPSA) is 35.5 Å². The van der Waals surface area contributed by atoms with Gasteiger partial charge in [-0.15, -0.1) is 0 Å². The minimum atomic E-state index is -0.278. The third-order valence-electron chi connectivity index (χ3n) is 2.16. The fourth-order valence-corrected chi connectivity index (χ4v) is 1.33. The van der Waals surface area contributed by atoms with Gasteiger partial charge in [0.05, 0.1) is 13.2 Å². The maximum Gasteiger partial charge on any atom is 0.305 e. The molecule has 0 amide bonds. The number of carbonyl (C=O) groups is 1. The molecule has 0 saturated heterocycles. The van der Waals surface area contributed by atoms with E-state index in [1.165, 1.54) is 12.1 Å². The Kier molecular flexibility index (Phi) is 6.07. The number of benzene rings is 1. The van der Waals surface area contributed by atoms with Crippen LogP contribution in [-0.4, -0.2) is 19.2 Å². The summed E-state index contributed by atoms with van der Waals surface area (Å²) in [6.07, 6.45) is 1.93. The summed E-state index contributed by atoms with van der Waals surface area (Å²) >= 11 is 0. The van der Waals surface area contributed by atoms with Gasteiger partial charge < -0.3 is 9.47 Å². The van der Waals surface area contributed by atoms with Gasteiger partial charge in [0.15, 0.2) is 0 Å². The van der Waals surface area contributed by atoms with Crippen molar-refractivity contribution >= 4 is 5.97 Å². The molecule has 3 nitrogen and oxygen atoms in total. The molecular formula is C13H17FO3. The van der Waals surface area contributed by atoms with Crippen molar-refractivity contribution in [2.75, 3.05) is 13.2 Å². The number of esters is 1.